The molecule has 1 N–H and O–H groups in total. The van der Waals surface area contributed by atoms with Crippen molar-refractivity contribution in [1.82, 2.24) is 15.3 Å². The van der Waals surface area contributed by atoms with E-state index in [0.29, 0.717) is 31.0 Å². The number of anilines is 1. The number of halogens is 1. The average Bonchev–Trinajstić information content (AvgIpc) is 2.53. The molecule has 0 aromatic carbocycles. The first kappa shape index (κ1) is 15.4. The van der Waals surface area contributed by atoms with Crippen molar-refractivity contribution in [3.8, 4) is 0 Å². The number of rotatable bonds is 7. The van der Waals surface area contributed by atoms with E-state index in [2.05, 4.69) is 15.3 Å². The van der Waals surface area contributed by atoms with E-state index in [4.69, 9.17) is 0 Å². The van der Waals surface area contributed by atoms with Crippen molar-refractivity contribution >= 4 is 5.82 Å². The minimum atomic E-state index is -0.253. The zero-order valence-electron chi connectivity index (χ0n) is 12.5. The molecule has 2 heterocycles. The second-order valence-electron chi connectivity index (χ2n) is 4.72. The van der Waals surface area contributed by atoms with Gasteiger partial charge in [0.05, 0.1) is 12.2 Å². The number of pyridine rings is 2. The number of hydrogen-bond acceptors (Lipinski definition) is 4. The van der Waals surface area contributed by atoms with Crippen LogP contribution in [0.15, 0.2) is 36.7 Å². The molecule has 0 saturated carbocycles. The molecule has 0 aliphatic rings. The van der Waals surface area contributed by atoms with Crippen LogP contribution < -0.4 is 10.2 Å². The highest BCUT2D eigenvalue weighted by atomic mass is 19.1. The number of nitrogens with one attached hydrogen (secondary N) is 1. The number of aromatic nitrogens is 2. The molecule has 0 saturated heterocycles. The molecule has 5 heteroatoms. The van der Waals surface area contributed by atoms with Gasteiger partial charge in [0.1, 0.15) is 0 Å². The van der Waals surface area contributed by atoms with Crippen LogP contribution in [0.1, 0.15) is 25.1 Å². The average molecular weight is 288 g/mol. The molecule has 112 valence electrons. The Kier molecular flexibility index (Phi) is 5.63. The predicted octanol–water partition coefficient (Wildman–Crippen LogP) is 2.75. The molecule has 0 fully saturated rings. The summed E-state index contributed by atoms with van der Waals surface area (Å²) in [5.74, 6) is 0.134. The van der Waals surface area contributed by atoms with Gasteiger partial charge in [-0.25, -0.2) is 9.37 Å². The van der Waals surface area contributed by atoms with E-state index in [1.54, 1.807) is 18.5 Å². The highest BCUT2D eigenvalue weighted by Gasteiger charge is 2.15. The van der Waals surface area contributed by atoms with Gasteiger partial charge in [0.2, 0.25) is 0 Å². The lowest BCUT2D eigenvalue weighted by atomic mass is 10.2. The van der Waals surface area contributed by atoms with Crippen LogP contribution in [0.25, 0.3) is 0 Å². The Bertz CT molecular complexity index is 559. The first-order chi connectivity index (χ1) is 10.3. The summed E-state index contributed by atoms with van der Waals surface area (Å²) in [7, 11) is 0. The normalized spacial score (nSPS) is 10.6. The maximum absolute atomic E-state index is 14.6. The summed E-state index contributed by atoms with van der Waals surface area (Å²) in [6.45, 7) is 6.53. The zero-order valence-corrected chi connectivity index (χ0v) is 12.5. The van der Waals surface area contributed by atoms with E-state index in [0.717, 1.165) is 12.2 Å². The van der Waals surface area contributed by atoms with Crippen molar-refractivity contribution in [2.45, 2.75) is 26.9 Å². The Morgan fingerprint density at radius 3 is 2.67 bits per heavy atom. The van der Waals surface area contributed by atoms with Gasteiger partial charge < -0.3 is 10.2 Å². The lowest BCUT2D eigenvalue weighted by molar-refractivity contribution is 0.578. The molecule has 4 nitrogen and oxygen atoms in total. The summed E-state index contributed by atoms with van der Waals surface area (Å²) in [4.78, 5) is 10.4. The summed E-state index contributed by atoms with van der Waals surface area (Å²) in [5.41, 5.74) is 1.54. The predicted molar refractivity (Wildman–Crippen MR) is 82.5 cm³/mol. The largest absolute Gasteiger partial charge is 0.349 e. The molecule has 0 amide bonds. The van der Waals surface area contributed by atoms with Gasteiger partial charge in [-0.3, -0.25) is 4.98 Å². The minimum Gasteiger partial charge on any atom is -0.349 e. The molecular weight excluding hydrogens is 267 g/mol. The van der Waals surface area contributed by atoms with Crippen LogP contribution in [-0.4, -0.2) is 23.1 Å². The van der Waals surface area contributed by atoms with E-state index in [-0.39, 0.29) is 5.82 Å². The second-order valence-corrected chi connectivity index (χ2v) is 4.72. The summed E-state index contributed by atoms with van der Waals surface area (Å²) in [6.07, 6.45) is 3.40. The van der Waals surface area contributed by atoms with Crippen LogP contribution in [0.4, 0.5) is 10.2 Å². The Labute approximate surface area is 125 Å². The fraction of sp³-hybridized carbons (Fsp3) is 0.375. The van der Waals surface area contributed by atoms with E-state index in [1.165, 1.54) is 0 Å². The molecule has 0 aliphatic carbocycles. The van der Waals surface area contributed by atoms with Crippen LogP contribution in [-0.2, 0) is 13.1 Å². The van der Waals surface area contributed by atoms with E-state index < -0.39 is 0 Å². The van der Waals surface area contributed by atoms with E-state index in [9.17, 15) is 4.39 Å². The minimum absolute atomic E-state index is 0.253. The summed E-state index contributed by atoms with van der Waals surface area (Å²) in [5, 5.41) is 3.14. The van der Waals surface area contributed by atoms with Crippen LogP contribution in [0.3, 0.4) is 0 Å². The standard InChI is InChI=1S/C16H21FN4/c1-3-18-11-13-8-10-20-16(15(13)17)21(4-2)12-14-7-5-6-9-19-14/h5-10,18H,3-4,11-12H2,1-2H3. The van der Waals surface area contributed by atoms with Gasteiger partial charge in [0.25, 0.3) is 0 Å². The Hall–Kier alpha value is -2.01. The SMILES string of the molecule is CCNCc1ccnc(N(CC)Cc2ccccn2)c1F. The van der Waals surface area contributed by atoms with Gasteiger partial charge in [0, 0.05) is 31.0 Å². The molecule has 0 unspecified atom stereocenters. The number of hydrogen-bond donors (Lipinski definition) is 1. The fourth-order valence-corrected chi connectivity index (χ4v) is 2.11. The molecule has 0 spiro atoms. The topological polar surface area (TPSA) is 41.1 Å². The second kappa shape index (κ2) is 7.69. The molecule has 2 aromatic heterocycles. The third-order valence-corrected chi connectivity index (χ3v) is 3.28. The van der Waals surface area contributed by atoms with Crippen molar-refractivity contribution in [1.29, 1.82) is 0 Å². The highest BCUT2D eigenvalue weighted by molar-refractivity contribution is 5.43. The molecule has 0 bridgehead atoms. The smallest absolute Gasteiger partial charge is 0.170 e. The molecule has 2 aromatic rings. The maximum Gasteiger partial charge on any atom is 0.170 e. The van der Waals surface area contributed by atoms with Crippen LogP contribution in [0.5, 0.6) is 0 Å². The first-order valence-corrected chi connectivity index (χ1v) is 7.25. The zero-order chi connectivity index (χ0) is 15.1. The highest BCUT2D eigenvalue weighted by Crippen LogP contribution is 2.20. The van der Waals surface area contributed by atoms with Crippen molar-refractivity contribution in [2.75, 3.05) is 18.0 Å². The molecule has 0 radical (unpaired) electrons. The summed E-state index contributed by atoms with van der Waals surface area (Å²) in [6, 6.07) is 7.45. The maximum atomic E-state index is 14.6. The van der Waals surface area contributed by atoms with Gasteiger partial charge in [-0.1, -0.05) is 13.0 Å². The van der Waals surface area contributed by atoms with Crippen molar-refractivity contribution in [2.24, 2.45) is 0 Å². The summed E-state index contributed by atoms with van der Waals surface area (Å²) < 4.78 is 14.6. The van der Waals surface area contributed by atoms with Gasteiger partial charge >= 0.3 is 0 Å². The lowest BCUT2D eigenvalue weighted by Gasteiger charge is -2.22. The molecule has 21 heavy (non-hydrogen) atoms. The van der Waals surface area contributed by atoms with E-state index in [1.807, 2.05) is 36.9 Å². The Morgan fingerprint density at radius 1 is 1.14 bits per heavy atom. The van der Waals surface area contributed by atoms with Crippen LogP contribution in [0, 0.1) is 5.82 Å². The molecule has 0 aliphatic heterocycles. The quantitative estimate of drug-likeness (QED) is 0.850. The van der Waals surface area contributed by atoms with Crippen LogP contribution >= 0.6 is 0 Å². The summed E-state index contributed by atoms with van der Waals surface area (Å²) >= 11 is 0. The molecule has 0 atom stereocenters. The van der Waals surface area contributed by atoms with Crippen molar-refractivity contribution < 1.29 is 4.39 Å². The number of nitrogens with zero attached hydrogens (tertiary/aromatic N) is 3. The molecular formula is C16H21FN4. The third-order valence-electron chi connectivity index (χ3n) is 3.28. The lowest BCUT2D eigenvalue weighted by Crippen LogP contribution is -2.25. The Morgan fingerprint density at radius 2 is 2.00 bits per heavy atom. The van der Waals surface area contributed by atoms with Gasteiger partial charge in [0.15, 0.2) is 11.6 Å². The molecule has 2 rings (SSSR count). The van der Waals surface area contributed by atoms with Gasteiger partial charge in [-0.15, -0.1) is 0 Å². The van der Waals surface area contributed by atoms with Crippen LogP contribution in [0.2, 0.25) is 0 Å². The first-order valence-electron chi connectivity index (χ1n) is 7.25. The Balaban J connectivity index is 2.21. The van der Waals surface area contributed by atoms with Gasteiger partial charge in [-0.2, -0.15) is 0 Å². The third kappa shape index (κ3) is 3.98. The van der Waals surface area contributed by atoms with Gasteiger partial charge in [-0.05, 0) is 31.7 Å². The fourth-order valence-electron chi connectivity index (χ4n) is 2.11. The van der Waals surface area contributed by atoms with Crippen molar-refractivity contribution in [3.63, 3.8) is 0 Å². The monoisotopic (exact) mass is 288 g/mol. The van der Waals surface area contributed by atoms with Crippen molar-refractivity contribution in [3.05, 3.63) is 53.7 Å². The van der Waals surface area contributed by atoms with E-state index >= 15 is 0 Å².